The molecule has 2 aromatic heterocycles. The summed E-state index contributed by atoms with van der Waals surface area (Å²) in [6, 6.07) is 18.4. The predicted molar refractivity (Wildman–Crippen MR) is 129 cm³/mol. The topological polar surface area (TPSA) is 72.7 Å². The lowest BCUT2D eigenvalue weighted by atomic mass is 10.2. The van der Waals surface area contributed by atoms with Crippen molar-refractivity contribution < 1.29 is 4.79 Å². The molecule has 4 aromatic rings. The minimum Gasteiger partial charge on any atom is -0.355 e. The van der Waals surface area contributed by atoms with Gasteiger partial charge in [0.15, 0.2) is 9.50 Å². The number of amides is 1. The average Bonchev–Trinajstić information content (AvgIpc) is 3.37. The van der Waals surface area contributed by atoms with E-state index in [2.05, 4.69) is 38.3 Å². The lowest BCUT2D eigenvalue weighted by Gasteiger charge is -2.13. The Balaban J connectivity index is 1.55. The van der Waals surface area contributed by atoms with Crippen LogP contribution < -0.4 is 5.32 Å². The summed E-state index contributed by atoms with van der Waals surface area (Å²) in [5, 5.41) is 12.2. The highest BCUT2D eigenvalue weighted by atomic mass is 32.2. The summed E-state index contributed by atoms with van der Waals surface area (Å²) in [6.07, 6.45) is 0. The van der Waals surface area contributed by atoms with Gasteiger partial charge in [0.25, 0.3) is 0 Å². The van der Waals surface area contributed by atoms with Crippen molar-refractivity contribution in [3.8, 4) is 0 Å². The zero-order valence-corrected chi connectivity index (χ0v) is 19.8. The Kier molecular flexibility index (Phi) is 7.26. The molecule has 0 saturated heterocycles. The number of aromatic nitrogens is 4. The van der Waals surface area contributed by atoms with Crippen LogP contribution in [-0.4, -0.2) is 37.5 Å². The first kappa shape index (κ1) is 21.9. The van der Waals surface area contributed by atoms with Gasteiger partial charge in [0.05, 0.1) is 27.8 Å². The molecular weight excluding hydrogens is 446 g/mol. The SMILES string of the molecule is CCNC(=O)C(C)Sc1nnc(CSc2nc3ccccc3s2)n1Cc1ccccc1. The smallest absolute Gasteiger partial charge is 0.233 e. The summed E-state index contributed by atoms with van der Waals surface area (Å²) >= 11 is 4.79. The number of benzene rings is 2. The maximum Gasteiger partial charge on any atom is 0.233 e. The molecule has 1 amide bonds. The maximum absolute atomic E-state index is 12.2. The number of fused-ring (bicyclic) bond motifs is 1. The quantitative estimate of drug-likeness (QED) is 0.354. The van der Waals surface area contributed by atoms with E-state index in [1.165, 1.54) is 22.0 Å². The first-order valence-corrected chi connectivity index (χ1v) is 12.7. The molecular formula is C22H23N5OS3. The van der Waals surface area contributed by atoms with Crippen LogP contribution in [0.5, 0.6) is 0 Å². The van der Waals surface area contributed by atoms with Gasteiger partial charge in [0.1, 0.15) is 5.82 Å². The lowest BCUT2D eigenvalue weighted by Crippen LogP contribution is -2.30. The third kappa shape index (κ3) is 5.47. The van der Waals surface area contributed by atoms with Crippen LogP contribution in [0.2, 0.25) is 0 Å². The van der Waals surface area contributed by atoms with Crippen molar-refractivity contribution in [1.82, 2.24) is 25.1 Å². The molecule has 4 rings (SSSR count). The molecule has 9 heteroatoms. The molecule has 160 valence electrons. The largest absolute Gasteiger partial charge is 0.355 e. The van der Waals surface area contributed by atoms with E-state index in [1.807, 2.05) is 50.2 Å². The molecule has 0 bridgehead atoms. The zero-order valence-electron chi connectivity index (χ0n) is 17.3. The fourth-order valence-electron chi connectivity index (χ4n) is 3.01. The molecule has 2 heterocycles. The van der Waals surface area contributed by atoms with Crippen LogP contribution in [0.3, 0.4) is 0 Å². The van der Waals surface area contributed by atoms with Crippen molar-refractivity contribution in [3.63, 3.8) is 0 Å². The van der Waals surface area contributed by atoms with E-state index in [1.54, 1.807) is 23.1 Å². The minimum absolute atomic E-state index is 0.00663. The molecule has 6 nitrogen and oxygen atoms in total. The number of nitrogens with zero attached hydrogens (tertiary/aromatic N) is 4. The highest BCUT2D eigenvalue weighted by Crippen LogP contribution is 2.32. The molecule has 1 N–H and O–H groups in total. The van der Waals surface area contributed by atoms with Crippen molar-refractivity contribution in [1.29, 1.82) is 0 Å². The summed E-state index contributed by atoms with van der Waals surface area (Å²) < 4.78 is 4.30. The highest BCUT2D eigenvalue weighted by molar-refractivity contribution is 8.00. The van der Waals surface area contributed by atoms with Crippen LogP contribution in [0, 0.1) is 0 Å². The van der Waals surface area contributed by atoms with E-state index < -0.39 is 0 Å². The third-order valence-electron chi connectivity index (χ3n) is 4.58. The average molecular weight is 470 g/mol. The zero-order chi connectivity index (χ0) is 21.6. The number of hydrogen-bond donors (Lipinski definition) is 1. The molecule has 1 unspecified atom stereocenters. The van der Waals surface area contributed by atoms with Crippen molar-refractivity contribution in [2.75, 3.05) is 6.54 Å². The van der Waals surface area contributed by atoms with Gasteiger partial charge in [-0.25, -0.2) is 4.98 Å². The number of nitrogens with one attached hydrogen (secondary N) is 1. The van der Waals surface area contributed by atoms with Crippen LogP contribution in [0.4, 0.5) is 0 Å². The molecule has 0 aliphatic rings. The first-order valence-electron chi connectivity index (χ1n) is 10.0. The van der Waals surface area contributed by atoms with Crippen molar-refractivity contribution in [2.45, 2.75) is 40.9 Å². The second-order valence-electron chi connectivity index (χ2n) is 6.86. The summed E-state index contributed by atoms with van der Waals surface area (Å²) in [5.74, 6) is 1.54. The van der Waals surface area contributed by atoms with Crippen molar-refractivity contribution in [2.24, 2.45) is 0 Å². The van der Waals surface area contributed by atoms with E-state index in [9.17, 15) is 4.79 Å². The molecule has 2 aromatic carbocycles. The Morgan fingerprint density at radius 3 is 2.68 bits per heavy atom. The van der Waals surface area contributed by atoms with Gasteiger partial charge in [0, 0.05) is 6.54 Å². The van der Waals surface area contributed by atoms with Gasteiger partial charge in [-0.05, 0) is 31.5 Å². The monoisotopic (exact) mass is 469 g/mol. The summed E-state index contributed by atoms with van der Waals surface area (Å²) in [7, 11) is 0. The molecule has 0 radical (unpaired) electrons. The van der Waals surface area contributed by atoms with Gasteiger partial charge in [-0.2, -0.15) is 0 Å². The molecule has 31 heavy (non-hydrogen) atoms. The Morgan fingerprint density at radius 2 is 1.90 bits per heavy atom. The number of carbonyl (C=O) groups is 1. The fraction of sp³-hybridized carbons (Fsp3) is 0.273. The van der Waals surface area contributed by atoms with Crippen LogP contribution in [0.1, 0.15) is 25.2 Å². The van der Waals surface area contributed by atoms with Gasteiger partial charge < -0.3 is 9.88 Å². The molecule has 1 atom stereocenters. The molecule has 0 fully saturated rings. The van der Waals surface area contributed by atoms with Crippen LogP contribution >= 0.6 is 34.9 Å². The predicted octanol–water partition coefficient (Wildman–Crippen LogP) is 4.85. The second-order valence-corrected chi connectivity index (χ2v) is 10.4. The maximum atomic E-state index is 12.2. The minimum atomic E-state index is -0.247. The summed E-state index contributed by atoms with van der Waals surface area (Å²) in [4.78, 5) is 16.9. The van der Waals surface area contributed by atoms with E-state index in [0.29, 0.717) is 18.8 Å². The van der Waals surface area contributed by atoms with Crippen LogP contribution in [-0.2, 0) is 17.1 Å². The standard InChI is InChI=1S/C22H23N5OS3/c1-3-23-20(28)15(2)30-21-26-25-19(27(21)13-16-9-5-4-6-10-16)14-29-22-24-17-11-7-8-12-18(17)31-22/h4-12,15H,3,13-14H2,1-2H3,(H,23,28). The number of thioether (sulfide) groups is 2. The molecule has 0 aliphatic heterocycles. The van der Waals surface area contributed by atoms with Crippen LogP contribution in [0.25, 0.3) is 10.2 Å². The molecule has 0 spiro atoms. The van der Waals surface area contributed by atoms with Gasteiger partial charge >= 0.3 is 0 Å². The van der Waals surface area contributed by atoms with Crippen LogP contribution in [0.15, 0.2) is 64.1 Å². The number of thiazole rings is 1. The first-order chi connectivity index (χ1) is 15.1. The number of rotatable bonds is 9. The lowest BCUT2D eigenvalue weighted by molar-refractivity contribution is -0.120. The van der Waals surface area contributed by atoms with Gasteiger partial charge in [0.2, 0.25) is 5.91 Å². The fourth-order valence-corrected chi connectivity index (χ4v) is 5.91. The van der Waals surface area contributed by atoms with E-state index in [-0.39, 0.29) is 11.2 Å². The Bertz CT molecular complexity index is 1130. The number of carbonyl (C=O) groups excluding carboxylic acids is 1. The van der Waals surface area contributed by atoms with E-state index in [4.69, 9.17) is 4.98 Å². The molecule has 0 aliphatic carbocycles. The normalized spacial score (nSPS) is 12.2. The Labute approximate surface area is 193 Å². The Hall–Kier alpha value is -2.36. The Morgan fingerprint density at radius 1 is 1.13 bits per heavy atom. The van der Waals surface area contributed by atoms with E-state index in [0.717, 1.165) is 20.8 Å². The van der Waals surface area contributed by atoms with Gasteiger partial charge in [-0.1, -0.05) is 66.0 Å². The summed E-state index contributed by atoms with van der Waals surface area (Å²) in [6.45, 7) is 5.09. The highest BCUT2D eigenvalue weighted by Gasteiger charge is 2.20. The van der Waals surface area contributed by atoms with E-state index >= 15 is 0 Å². The summed E-state index contributed by atoms with van der Waals surface area (Å²) in [5.41, 5.74) is 2.19. The van der Waals surface area contributed by atoms with Crippen molar-refractivity contribution >= 4 is 51.0 Å². The number of para-hydroxylation sites is 1. The van der Waals surface area contributed by atoms with Crippen molar-refractivity contribution in [3.05, 3.63) is 66.0 Å². The van der Waals surface area contributed by atoms with Gasteiger partial charge in [-0.3, -0.25) is 4.79 Å². The second kappa shape index (κ2) is 10.3. The molecule has 0 saturated carbocycles. The number of hydrogen-bond acceptors (Lipinski definition) is 7. The van der Waals surface area contributed by atoms with Gasteiger partial charge in [-0.15, -0.1) is 21.5 Å². The third-order valence-corrected chi connectivity index (χ3v) is 7.83.